The Bertz CT molecular complexity index is 451. The molecule has 0 radical (unpaired) electrons. The lowest BCUT2D eigenvalue weighted by molar-refractivity contribution is 1.03. The van der Waals surface area contributed by atoms with Crippen LogP contribution >= 0.6 is 0 Å². The van der Waals surface area contributed by atoms with Crippen LogP contribution in [0.25, 0.3) is 6.08 Å². The van der Waals surface area contributed by atoms with E-state index < -0.39 is 0 Å². The topological polar surface area (TPSA) is 42.1 Å². The second-order valence-electron chi connectivity index (χ2n) is 3.32. The first-order valence-electron chi connectivity index (χ1n) is 5.04. The number of benzene rings is 1. The zero-order valence-corrected chi connectivity index (χ0v) is 8.82. The lowest BCUT2D eigenvalue weighted by atomic mass is 10.2. The van der Waals surface area contributed by atoms with E-state index in [1.54, 1.807) is 12.4 Å². The number of nitrogens with two attached hydrogens (primary N) is 1. The molecule has 1 aromatic heterocycles. The fraction of sp³-hybridized carbons (Fsp3) is 0. The summed E-state index contributed by atoms with van der Waals surface area (Å²) in [6.45, 7) is 0. The second kappa shape index (κ2) is 5.09. The van der Waals surface area contributed by atoms with E-state index in [0.29, 0.717) is 0 Å². The van der Waals surface area contributed by atoms with Gasteiger partial charge in [0.15, 0.2) is 0 Å². The predicted octanol–water partition coefficient (Wildman–Crippen LogP) is 2.43. The van der Waals surface area contributed by atoms with Crippen LogP contribution in [0.5, 0.6) is 0 Å². The average Bonchev–Trinajstić information content (AvgIpc) is 2.38. The van der Waals surface area contributed by atoms with E-state index in [-0.39, 0.29) is 0 Å². The summed E-state index contributed by atoms with van der Waals surface area (Å²) in [5, 5.41) is 1.49. The Morgan fingerprint density at radius 3 is 2.44 bits per heavy atom. The van der Waals surface area contributed by atoms with Crippen molar-refractivity contribution >= 4 is 11.9 Å². The number of hydrazine groups is 1. The largest absolute Gasteiger partial charge is 0.270 e. The zero-order chi connectivity index (χ0) is 11.2. The van der Waals surface area contributed by atoms with Gasteiger partial charge in [0.25, 0.3) is 0 Å². The van der Waals surface area contributed by atoms with Gasteiger partial charge in [0.05, 0.1) is 0 Å². The molecule has 0 saturated carbocycles. The minimum Gasteiger partial charge on any atom is -0.270 e. The summed E-state index contributed by atoms with van der Waals surface area (Å²) in [5.41, 5.74) is 1.11. The molecule has 0 spiro atoms. The Hall–Kier alpha value is -2.13. The molecule has 2 aromatic rings. The van der Waals surface area contributed by atoms with Crippen LogP contribution in [0, 0.1) is 0 Å². The van der Waals surface area contributed by atoms with Gasteiger partial charge in [0.1, 0.15) is 5.82 Å². The quantitative estimate of drug-likeness (QED) is 0.626. The summed E-state index contributed by atoms with van der Waals surface area (Å²) < 4.78 is 0. The van der Waals surface area contributed by atoms with Crippen LogP contribution in [-0.2, 0) is 0 Å². The van der Waals surface area contributed by atoms with Crippen molar-refractivity contribution in [3.05, 3.63) is 66.5 Å². The standard InChI is InChI=1S/C13H13N3/c14-16(13-8-4-5-10-15-13)11-9-12-6-2-1-3-7-12/h1-11H,14H2. The minimum absolute atomic E-state index is 0.717. The van der Waals surface area contributed by atoms with E-state index in [1.165, 1.54) is 5.01 Å². The summed E-state index contributed by atoms with van der Waals surface area (Å²) in [6, 6.07) is 15.6. The summed E-state index contributed by atoms with van der Waals surface area (Å²) in [6.07, 6.45) is 5.44. The molecule has 2 rings (SSSR count). The van der Waals surface area contributed by atoms with Gasteiger partial charge in [0, 0.05) is 12.4 Å². The molecule has 0 atom stereocenters. The van der Waals surface area contributed by atoms with Crippen molar-refractivity contribution in [1.29, 1.82) is 0 Å². The molecule has 0 aliphatic heterocycles. The highest BCUT2D eigenvalue weighted by Gasteiger charge is 1.95. The van der Waals surface area contributed by atoms with Gasteiger partial charge in [-0.15, -0.1) is 0 Å². The van der Waals surface area contributed by atoms with Gasteiger partial charge in [0.2, 0.25) is 0 Å². The molecule has 0 saturated heterocycles. The maximum Gasteiger partial charge on any atom is 0.146 e. The molecular weight excluding hydrogens is 198 g/mol. The van der Waals surface area contributed by atoms with Crippen LogP contribution < -0.4 is 10.9 Å². The van der Waals surface area contributed by atoms with Crippen LogP contribution in [-0.4, -0.2) is 4.98 Å². The highest BCUT2D eigenvalue weighted by molar-refractivity contribution is 5.53. The van der Waals surface area contributed by atoms with Crippen LogP contribution in [0.3, 0.4) is 0 Å². The summed E-state index contributed by atoms with van der Waals surface area (Å²) in [4.78, 5) is 4.14. The third-order valence-electron chi connectivity index (χ3n) is 2.14. The summed E-state index contributed by atoms with van der Waals surface area (Å²) >= 11 is 0. The first-order chi connectivity index (χ1) is 7.86. The molecule has 1 aromatic carbocycles. The molecule has 80 valence electrons. The molecule has 16 heavy (non-hydrogen) atoms. The highest BCUT2D eigenvalue weighted by Crippen LogP contribution is 2.07. The smallest absolute Gasteiger partial charge is 0.146 e. The van der Waals surface area contributed by atoms with Gasteiger partial charge in [-0.1, -0.05) is 36.4 Å². The Labute approximate surface area is 94.8 Å². The van der Waals surface area contributed by atoms with Gasteiger partial charge in [-0.25, -0.2) is 10.8 Å². The lowest BCUT2D eigenvalue weighted by Crippen LogP contribution is -2.24. The number of hydrogen-bond donors (Lipinski definition) is 1. The molecule has 3 heteroatoms. The van der Waals surface area contributed by atoms with Crippen molar-refractivity contribution in [1.82, 2.24) is 4.98 Å². The van der Waals surface area contributed by atoms with Gasteiger partial charge >= 0.3 is 0 Å². The van der Waals surface area contributed by atoms with E-state index in [9.17, 15) is 0 Å². The third-order valence-corrected chi connectivity index (χ3v) is 2.14. The van der Waals surface area contributed by atoms with Crippen molar-refractivity contribution in [2.75, 3.05) is 5.01 Å². The first kappa shape index (κ1) is 10.4. The number of rotatable bonds is 3. The summed E-state index contributed by atoms with van der Waals surface area (Å²) in [5.74, 6) is 6.54. The average molecular weight is 211 g/mol. The zero-order valence-electron chi connectivity index (χ0n) is 8.82. The number of aromatic nitrogens is 1. The third kappa shape index (κ3) is 2.68. The molecule has 0 amide bonds. The molecule has 0 fully saturated rings. The van der Waals surface area contributed by atoms with Crippen LogP contribution in [0.4, 0.5) is 5.82 Å². The molecular formula is C13H13N3. The lowest BCUT2D eigenvalue weighted by Gasteiger charge is -2.11. The summed E-state index contributed by atoms with van der Waals surface area (Å²) in [7, 11) is 0. The van der Waals surface area contributed by atoms with E-state index in [1.807, 2.05) is 54.6 Å². The molecule has 0 aliphatic carbocycles. The Morgan fingerprint density at radius 2 is 1.75 bits per heavy atom. The Balaban J connectivity index is 2.08. The fourth-order valence-electron chi connectivity index (χ4n) is 1.31. The van der Waals surface area contributed by atoms with Gasteiger partial charge in [-0.2, -0.15) is 0 Å². The minimum atomic E-state index is 0.717. The van der Waals surface area contributed by atoms with Gasteiger partial charge in [-0.05, 0) is 23.8 Å². The number of anilines is 1. The predicted molar refractivity (Wildman–Crippen MR) is 66.4 cm³/mol. The van der Waals surface area contributed by atoms with E-state index in [2.05, 4.69) is 4.98 Å². The first-order valence-corrected chi connectivity index (χ1v) is 5.04. The SMILES string of the molecule is NN(C=Cc1ccccc1)c1ccccn1. The van der Waals surface area contributed by atoms with Crippen molar-refractivity contribution in [2.24, 2.45) is 5.84 Å². The van der Waals surface area contributed by atoms with Crippen LogP contribution in [0.2, 0.25) is 0 Å². The fourth-order valence-corrected chi connectivity index (χ4v) is 1.31. The normalized spacial score (nSPS) is 10.6. The highest BCUT2D eigenvalue weighted by atomic mass is 15.4. The number of pyridine rings is 1. The number of nitrogens with zero attached hydrogens (tertiary/aromatic N) is 2. The van der Waals surface area contributed by atoms with E-state index in [4.69, 9.17) is 5.84 Å². The molecule has 2 N–H and O–H groups in total. The Kier molecular flexibility index (Phi) is 3.31. The molecule has 0 aliphatic rings. The van der Waals surface area contributed by atoms with Crippen LogP contribution in [0.15, 0.2) is 60.9 Å². The Morgan fingerprint density at radius 1 is 1.00 bits per heavy atom. The molecule has 3 nitrogen and oxygen atoms in total. The monoisotopic (exact) mass is 211 g/mol. The van der Waals surface area contributed by atoms with Crippen molar-refractivity contribution in [3.63, 3.8) is 0 Å². The van der Waals surface area contributed by atoms with Crippen LogP contribution in [0.1, 0.15) is 5.56 Å². The van der Waals surface area contributed by atoms with Gasteiger partial charge < -0.3 is 0 Å². The van der Waals surface area contributed by atoms with Crippen molar-refractivity contribution in [3.8, 4) is 0 Å². The van der Waals surface area contributed by atoms with Crippen molar-refractivity contribution < 1.29 is 0 Å². The molecule has 1 heterocycles. The van der Waals surface area contributed by atoms with E-state index >= 15 is 0 Å². The maximum atomic E-state index is 5.83. The van der Waals surface area contributed by atoms with Gasteiger partial charge in [-0.3, -0.25) is 5.01 Å². The second-order valence-corrected chi connectivity index (χ2v) is 3.32. The maximum absolute atomic E-state index is 5.83. The molecule has 0 unspecified atom stereocenters. The van der Waals surface area contributed by atoms with Crippen molar-refractivity contribution in [2.45, 2.75) is 0 Å². The molecule has 0 bridgehead atoms. The number of hydrogen-bond acceptors (Lipinski definition) is 3. The van der Waals surface area contributed by atoms with E-state index in [0.717, 1.165) is 11.4 Å².